The van der Waals surface area contributed by atoms with E-state index >= 15 is 0 Å². The molecule has 0 unspecified atom stereocenters. The second kappa shape index (κ2) is 5.34. The molecule has 0 saturated heterocycles. The predicted molar refractivity (Wildman–Crippen MR) is 53.6 cm³/mol. The Morgan fingerprint density at radius 1 is 1.14 bits per heavy atom. The monoisotopic (exact) mass is 269 g/mol. The van der Waals surface area contributed by atoms with Gasteiger partial charge in [-0.25, -0.2) is 4.98 Å². The summed E-state index contributed by atoms with van der Waals surface area (Å²) in [4.78, 5) is 3.42. The highest BCUT2D eigenvalue weighted by Gasteiger charge is 2.32. The van der Waals surface area contributed by atoms with Gasteiger partial charge in [0.05, 0.1) is 0 Å². The normalized spacial score (nSPS) is 10.5. The number of aromatic nitrogens is 1. The van der Waals surface area contributed by atoms with Gasteiger partial charge in [0.2, 0.25) is 0 Å². The van der Waals surface area contributed by atoms with Crippen LogP contribution in [0.25, 0.3) is 0 Å². The molecule has 1 nitrogen and oxygen atoms in total. The van der Waals surface area contributed by atoms with Crippen LogP contribution in [0.4, 0.5) is 13.2 Å². The maximum absolute atomic E-state index is 12.0. The van der Waals surface area contributed by atoms with Crippen LogP contribution >= 0.6 is 15.9 Å². The zero-order chi connectivity index (χ0) is 11.4. The standard InChI is InChI=1S/C8H8F3N.CH3Br/c1-5-3-4-7(8(9,10)11)12-6(5)2;1-2/h3-4H,1-2H3;1H3. The Morgan fingerprint density at radius 3 is 2.00 bits per heavy atom. The molecule has 1 aromatic rings. The molecule has 1 aromatic heterocycles. The lowest BCUT2D eigenvalue weighted by atomic mass is 10.2. The topological polar surface area (TPSA) is 12.9 Å². The summed E-state index contributed by atoms with van der Waals surface area (Å²) in [7, 11) is 0. The molecule has 0 radical (unpaired) electrons. The molecule has 0 spiro atoms. The second-order valence-electron chi connectivity index (χ2n) is 2.60. The minimum absolute atomic E-state index is 0.421. The number of halogens is 4. The largest absolute Gasteiger partial charge is 0.433 e. The van der Waals surface area contributed by atoms with Gasteiger partial charge >= 0.3 is 6.18 Å². The van der Waals surface area contributed by atoms with Crippen LogP contribution < -0.4 is 0 Å². The Hall–Kier alpha value is -0.580. The molecular formula is C9H11BrF3N. The van der Waals surface area contributed by atoms with Crippen LogP contribution in [-0.2, 0) is 6.18 Å². The lowest BCUT2D eigenvalue weighted by Gasteiger charge is -2.06. The summed E-state index contributed by atoms with van der Waals surface area (Å²) < 4.78 is 36.1. The van der Waals surface area contributed by atoms with Crippen molar-refractivity contribution < 1.29 is 13.2 Å². The van der Waals surface area contributed by atoms with Gasteiger partial charge in [0, 0.05) is 5.69 Å². The molecule has 0 aromatic carbocycles. The van der Waals surface area contributed by atoms with Gasteiger partial charge in [0.25, 0.3) is 0 Å². The quantitative estimate of drug-likeness (QED) is 0.654. The Kier molecular flexibility index (Phi) is 5.12. The van der Waals surface area contributed by atoms with E-state index in [1.165, 1.54) is 6.07 Å². The average Bonchev–Trinajstić information content (AvgIpc) is 2.11. The number of pyridine rings is 1. The Balaban J connectivity index is 0.000000791. The number of rotatable bonds is 0. The smallest absolute Gasteiger partial charge is 0.248 e. The highest BCUT2D eigenvalue weighted by Crippen LogP contribution is 2.27. The number of hydrogen-bond acceptors (Lipinski definition) is 1. The van der Waals surface area contributed by atoms with Crippen molar-refractivity contribution in [2.45, 2.75) is 20.0 Å². The summed E-state index contributed by atoms with van der Waals surface area (Å²) in [5.74, 6) is 1.81. The molecule has 80 valence electrons. The van der Waals surface area contributed by atoms with Gasteiger partial charge < -0.3 is 0 Å². The third kappa shape index (κ3) is 3.65. The van der Waals surface area contributed by atoms with Gasteiger partial charge in [-0.1, -0.05) is 22.0 Å². The maximum Gasteiger partial charge on any atom is 0.433 e. The zero-order valence-electron chi connectivity index (χ0n) is 8.11. The molecule has 0 aliphatic rings. The number of aryl methyl sites for hydroxylation is 2. The lowest BCUT2D eigenvalue weighted by molar-refractivity contribution is -0.141. The van der Waals surface area contributed by atoms with E-state index < -0.39 is 11.9 Å². The van der Waals surface area contributed by atoms with E-state index in [1.807, 2.05) is 5.83 Å². The van der Waals surface area contributed by atoms with Crippen molar-refractivity contribution in [1.29, 1.82) is 0 Å². The molecule has 0 saturated carbocycles. The van der Waals surface area contributed by atoms with Gasteiger partial charge in [-0.2, -0.15) is 13.2 Å². The highest BCUT2D eigenvalue weighted by molar-refractivity contribution is 9.08. The molecule has 14 heavy (non-hydrogen) atoms. The molecule has 1 heterocycles. The number of nitrogens with zero attached hydrogens (tertiary/aromatic N) is 1. The SMILES string of the molecule is CBr.Cc1ccc(C(F)(F)F)nc1C. The van der Waals surface area contributed by atoms with Crippen LogP contribution in [0, 0.1) is 13.8 Å². The van der Waals surface area contributed by atoms with E-state index in [4.69, 9.17) is 0 Å². The Bertz CT molecular complexity index is 297. The summed E-state index contributed by atoms with van der Waals surface area (Å²) in [5.41, 5.74) is 0.360. The third-order valence-electron chi connectivity index (χ3n) is 1.64. The van der Waals surface area contributed by atoms with Crippen molar-refractivity contribution in [1.82, 2.24) is 4.98 Å². The summed E-state index contributed by atoms with van der Waals surface area (Å²) >= 11 is 2.94. The van der Waals surface area contributed by atoms with Crippen molar-refractivity contribution >= 4 is 15.9 Å². The summed E-state index contributed by atoms with van der Waals surface area (Å²) in [6.07, 6.45) is -4.33. The molecule has 0 bridgehead atoms. The van der Waals surface area contributed by atoms with Crippen molar-refractivity contribution in [3.05, 3.63) is 29.1 Å². The molecule has 0 fully saturated rings. The van der Waals surface area contributed by atoms with Gasteiger partial charge in [-0.3, -0.25) is 0 Å². The van der Waals surface area contributed by atoms with Crippen molar-refractivity contribution in [2.75, 3.05) is 5.83 Å². The van der Waals surface area contributed by atoms with E-state index in [-0.39, 0.29) is 0 Å². The Labute approximate surface area is 89.5 Å². The van der Waals surface area contributed by atoms with Crippen LogP contribution in [-0.4, -0.2) is 10.8 Å². The van der Waals surface area contributed by atoms with Gasteiger partial charge in [0.1, 0.15) is 5.69 Å². The van der Waals surface area contributed by atoms with E-state index in [2.05, 4.69) is 20.9 Å². The third-order valence-corrected chi connectivity index (χ3v) is 1.64. The first-order chi connectivity index (χ1) is 6.41. The Morgan fingerprint density at radius 2 is 1.64 bits per heavy atom. The van der Waals surface area contributed by atoms with Crippen molar-refractivity contribution in [3.63, 3.8) is 0 Å². The summed E-state index contributed by atoms with van der Waals surface area (Å²) in [6.45, 7) is 3.28. The van der Waals surface area contributed by atoms with E-state index in [9.17, 15) is 13.2 Å². The summed E-state index contributed by atoms with van der Waals surface area (Å²) in [6, 6.07) is 2.41. The van der Waals surface area contributed by atoms with Crippen LogP contribution in [0.3, 0.4) is 0 Å². The summed E-state index contributed by atoms with van der Waals surface area (Å²) in [5, 5.41) is 0. The fourth-order valence-electron chi connectivity index (χ4n) is 0.789. The van der Waals surface area contributed by atoms with Gasteiger partial charge in [0.15, 0.2) is 0 Å². The van der Waals surface area contributed by atoms with Crippen LogP contribution in [0.15, 0.2) is 12.1 Å². The zero-order valence-corrected chi connectivity index (χ0v) is 9.70. The molecule has 0 amide bonds. The molecule has 0 aliphatic carbocycles. The molecule has 0 atom stereocenters. The first-order valence-corrected chi connectivity index (χ1v) is 5.39. The van der Waals surface area contributed by atoms with E-state index in [0.717, 1.165) is 11.6 Å². The lowest BCUT2D eigenvalue weighted by Crippen LogP contribution is -2.08. The van der Waals surface area contributed by atoms with Crippen molar-refractivity contribution in [3.8, 4) is 0 Å². The van der Waals surface area contributed by atoms with Gasteiger partial charge in [-0.05, 0) is 31.3 Å². The van der Waals surface area contributed by atoms with Crippen LogP contribution in [0.2, 0.25) is 0 Å². The molecular weight excluding hydrogens is 259 g/mol. The minimum atomic E-state index is -4.33. The fraction of sp³-hybridized carbons (Fsp3) is 0.444. The number of alkyl halides is 4. The molecule has 0 N–H and O–H groups in total. The van der Waals surface area contributed by atoms with E-state index in [0.29, 0.717) is 5.69 Å². The minimum Gasteiger partial charge on any atom is -0.248 e. The molecule has 5 heteroatoms. The first kappa shape index (κ1) is 13.4. The molecule has 0 aliphatic heterocycles. The second-order valence-corrected chi connectivity index (χ2v) is 2.60. The first-order valence-electron chi connectivity index (χ1n) is 3.80. The van der Waals surface area contributed by atoms with Crippen molar-refractivity contribution in [2.24, 2.45) is 0 Å². The fourth-order valence-corrected chi connectivity index (χ4v) is 0.789. The highest BCUT2D eigenvalue weighted by atomic mass is 79.9. The van der Waals surface area contributed by atoms with Crippen LogP contribution in [0.5, 0.6) is 0 Å². The predicted octanol–water partition coefficient (Wildman–Crippen LogP) is 3.73. The van der Waals surface area contributed by atoms with E-state index in [1.54, 1.807) is 13.8 Å². The number of hydrogen-bond donors (Lipinski definition) is 0. The maximum atomic E-state index is 12.0. The average molecular weight is 270 g/mol. The van der Waals surface area contributed by atoms with Gasteiger partial charge in [-0.15, -0.1) is 0 Å². The van der Waals surface area contributed by atoms with Crippen LogP contribution in [0.1, 0.15) is 17.0 Å². The molecule has 1 rings (SSSR count).